The Morgan fingerprint density at radius 3 is 2.57 bits per heavy atom. The van der Waals surface area contributed by atoms with Gasteiger partial charge in [0.25, 0.3) is 0 Å². The van der Waals surface area contributed by atoms with E-state index in [1.54, 1.807) is 12.1 Å². The van der Waals surface area contributed by atoms with Crippen LogP contribution in [0.25, 0.3) is 0 Å². The van der Waals surface area contributed by atoms with Crippen molar-refractivity contribution in [3.63, 3.8) is 0 Å². The molecule has 2 rings (SSSR count). The predicted octanol–water partition coefficient (Wildman–Crippen LogP) is 5.12. The van der Waals surface area contributed by atoms with E-state index in [4.69, 9.17) is 0 Å². The van der Waals surface area contributed by atoms with E-state index in [0.717, 1.165) is 34.6 Å². The molecule has 21 heavy (non-hydrogen) atoms. The van der Waals surface area contributed by atoms with Gasteiger partial charge in [-0.2, -0.15) is 0 Å². The monoisotopic (exact) mass is 353 g/mol. The summed E-state index contributed by atoms with van der Waals surface area (Å²) in [6, 6.07) is 9.80. The van der Waals surface area contributed by atoms with Crippen molar-refractivity contribution in [3.8, 4) is 0 Å². The minimum atomic E-state index is -0.814. The Morgan fingerprint density at radius 2 is 1.90 bits per heavy atom. The summed E-state index contributed by atoms with van der Waals surface area (Å²) in [6.45, 7) is 4.74. The zero-order chi connectivity index (χ0) is 15.4. The molecule has 0 saturated carbocycles. The van der Waals surface area contributed by atoms with Gasteiger partial charge in [0.1, 0.15) is 0 Å². The summed E-state index contributed by atoms with van der Waals surface area (Å²) in [5.74, 6) is -1.60. The van der Waals surface area contributed by atoms with Gasteiger partial charge in [0.2, 0.25) is 0 Å². The second-order valence-corrected chi connectivity index (χ2v) is 5.95. The van der Waals surface area contributed by atoms with Gasteiger partial charge in [0, 0.05) is 10.0 Å². The molecule has 1 unspecified atom stereocenters. The molecule has 0 aliphatic heterocycles. The fraction of sp³-hybridized carbons (Fsp3) is 0.294. The van der Waals surface area contributed by atoms with Crippen LogP contribution < -0.4 is 5.32 Å². The Bertz CT molecular complexity index is 628. The molecule has 0 radical (unpaired) electrons. The molecule has 0 saturated heterocycles. The second kappa shape index (κ2) is 7.14. The van der Waals surface area contributed by atoms with Crippen molar-refractivity contribution in [1.29, 1.82) is 0 Å². The van der Waals surface area contributed by atoms with E-state index in [-0.39, 0.29) is 6.04 Å². The first kappa shape index (κ1) is 16.1. The molecule has 0 bridgehead atoms. The smallest absolute Gasteiger partial charge is 0.163 e. The van der Waals surface area contributed by atoms with E-state index in [1.807, 2.05) is 32.0 Å². The molecular formula is C17H18BrF2N. The lowest BCUT2D eigenvalue weighted by atomic mass is 9.94. The van der Waals surface area contributed by atoms with Crippen LogP contribution >= 0.6 is 15.9 Å². The minimum Gasteiger partial charge on any atom is -0.306 e. The average Bonchev–Trinajstić information content (AvgIpc) is 2.45. The zero-order valence-electron chi connectivity index (χ0n) is 12.1. The summed E-state index contributed by atoms with van der Waals surface area (Å²) in [4.78, 5) is 0. The molecule has 0 heterocycles. The molecule has 1 N–H and O–H groups in total. The van der Waals surface area contributed by atoms with Crippen LogP contribution in [0.1, 0.15) is 36.1 Å². The van der Waals surface area contributed by atoms with Crippen molar-refractivity contribution in [2.24, 2.45) is 0 Å². The van der Waals surface area contributed by atoms with Gasteiger partial charge in [0.15, 0.2) is 11.6 Å². The third-order valence-electron chi connectivity index (χ3n) is 3.43. The molecule has 0 fully saturated rings. The van der Waals surface area contributed by atoms with E-state index >= 15 is 0 Å². The van der Waals surface area contributed by atoms with Gasteiger partial charge in [-0.25, -0.2) is 8.78 Å². The maximum Gasteiger partial charge on any atom is 0.163 e. The second-order valence-electron chi connectivity index (χ2n) is 5.03. The number of nitrogens with one attached hydrogen (secondary N) is 1. The summed E-state index contributed by atoms with van der Waals surface area (Å²) < 4.78 is 28.7. The van der Waals surface area contributed by atoms with Gasteiger partial charge >= 0.3 is 0 Å². The van der Waals surface area contributed by atoms with Gasteiger partial charge in [0.05, 0.1) is 6.04 Å². The number of hydrogen-bond acceptors (Lipinski definition) is 1. The third kappa shape index (κ3) is 3.69. The number of halogens is 3. The Hall–Kier alpha value is -1.26. The van der Waals surface area contributed by atoms with Crippen molar-refractivity contribution in [2.75, 3.05) is 6.54 Å². The van der Waals surface area contributed by atoms with E-state index < -0.39 is 11.6 Å². The largest absolute Gasteiger partial charge is 0.306 e. The summed E-state index contributed by atoms with van der Waals surface area (Å²) in [5.41, 5.74) is 2.33. The molecule has 1 nitrogen and oxygen atoms in total. The van der Waals surface area contributed by atoms with Crippen LogP contribution in [0.5, 0.6) is 0 Å². The fourth-order valence-electron chi connectivity index (χ4n) is 2.38. The maximum absolute atomic E-state index is 14.2. The highest BCUT2D eigenvalue weighted by molar-refractivity contribution is 9.10. The predicted molar refractivity (Wildman–Crippen MR) is 85.4 cm³/mol. The van der Waals surface area contributed by atoms with Gasteiger partial charge in [-0.3, -0.25) is 0 Å². The van der Waals surface area contributed by atoms with E-state index in [2.05, 4.69) is 21.2 Å². The standard InChI is InChI=1S/C17H18BrF2N/c1-3-9-21-17(13-8-7-12(18)10-11(13)2)14-5-4-6-15(19)16(14)20/h4-8,10,17,21H,3,9H2,1-2H3. The quantitative estimate of drug-likeness (QED) is 0.785. The highest BCUT2D eigenvalue weighted by Crippen LogP contribution is 2.29. The average molecular weight is 354 g/mol. The van der Waals surface area contributed by atoms with Gasteiger partial charge < -0.3 is 5.32 Å². The van der Waals surface area contributed by atoms with Gasteiger partial charge in [-0.1, -0.05) is 41.1 Å². The molecule has 0 aliphatic carbocycles. The molecule has 0 aromatic heterocycles. The molecule has 2 aromatic carbocycles. The van der Waals surface area contributed by atoms with Crippen molar-refractivity contribution in [3.05, 3.63) is 69.2 Å². The Balaban J connectivity index is 2.49. The lowest BCUT2D eigenvalue weighted by molar-refractivity contribution is 0.480. The third-order valence-corrected chi connectivity index (χ3v) is 3.93. The van der Waals surface area contributed by atoms with Crippen LogP contribution in [0.4, 0.5) is 8.78 Å². The molecule has 112 valence electrons. The molecule has 2 aromatic rings. The normalized spacial score (nSPS) is 12.4. The Kier molecular flexibility index (Phi) is 5.48. The molecular weight excluding hydrogens is 336 g/mol. The molecule has 1 atom stereocenters. The van der Waals surface area contributed by atoms with Crippen LogP contribution in [-0.4, -0.2) is 6.54 Å². The first-order chi connectivity index (χ1) is 10.0. The van der Waals surface area contributed by atoms with Crippen molar-refractivity contribution < 1.29 is 8.78 Å². The van der Waals surface area contributed by atoms with Crippen molar-refractivity contribution in [1.82, 2.24) is 5.32 Å². The fourth-order valence-corrected chi connectivity index (χ4v) is 2.86. The van der Waals surface area contributed by atoms with Crippen LogP contribution in [-0.2, 0) is 0 Å². The van der Waals surface area contributed by atoms with Crippen LogP contribution in [0, 0.1) is 18.6 Å². The Labute approximate surface area is 132 Å². The summed E-state index contributed by atoms with van der Waals surface area (Å²) in [5, 5.41) is 3.31. The number of aryl methyl sites for hydroxylation is 1. The van der Waals surface area contributed by atoms with Gasteiger partial charge in [-0.05, 0) is 49.2 Å². The van der Waals surface area contributed by atoms with Crippen LogP contribution in [0.15, 0.2) is 40.9 Å². The summed E-state index contributed by atoms with van der Waals surface area (Å²) >= 11 is 3.43. The molecule has 0 amide bonds. The van der Waals surface area contributed by atoms with Crippen molar-refractivity contribution in [2.45, 2.75) is 26.3 Å². The highest BCUT2D eigenvalue weighted by Gasteiger charge is 2.20. The van der Waals surface area contributed by atoms with E-state index in [0.29, 0.717) is 5.56 Å². The lowest BCUT2D eigenvalue weighted by Gasteiger charge is -2.22. The summed E-state index contributed by atoms with van der Waals surface area (Å²) in [6.07, 6.45) is 0.920. The number of rotatable bonds is 5. The van der Waals surface area contributed by atoms with Crippen LogP contribution in [0.2, 0.25) is 0 Å². The Morgan fingerprint density at radius 1 is 1.14 bits per heavy atom. The zero-order valence-corrected chi connectivity index (χ0v) is 13.7. The van der Waals surface area contributed by atoms with E-state index in [9.17, 15) is 8.78 Å². The minimum absolute atomic E-state index is 0.342. The maximum atomic E-state index is 14.2. The summed E-state index contributed by atoms with van der Waals surface area (Å²) in [7, 11) is 0. The van der Waals surface area contributed by atoms with E-state index in [1.165, 1.54) is 0 Å². The number of hydrogen-bond donors (Lipinski definition) is 1. The lowest BCUT2D eigenvalue weighted by Crippen LogP contribution is -2.25. The first-order valence-electron chi connectivity index (χ1n) is 6.98. The van der Waals surface area contributed by atoms with Crippen LogP contribution in [0.3, 0.4) is 0 Å². The topological polar surface area (TPSA) is 12.0 Å². The molecule has 0 spiro atoms. The highest BCUT2D eigenvalue weighted by atomic mass is 79.9. The first-order valence-corrected chi connectivity index (χ1v) is 7.77. The van der Waals surface area contributed by atoms with Crippen molar-refractivity contribution >= 4 is 15.9 Å². The molecule has 0 aliphatic rings. The van der Waals surface area contributed by atoms with Gasteiger partial charge in [-0.15, -0.1) is 0 Å². The SMILES string of the molecule is CCCNC(c1ccc(Br)cc1C)c1cccc(F)c1F. The number of benzene rings is 2. The molecule has 4 heteroatoms.